The second-order valence-electron chi connectivity index (χ2n) is 6.44. The standard InChI is InChI=1S/C17H23NO4/c1-11(19)8-12-10-18(16(20)22-17(2,3)4)15-9-13(21-5)6-7-14(12)15/h6-7,9-11,19H,8H2,1-5H3/t11-/m0/s1. The molecule has 120 valence electrons. The number of hydrogen-bond acceptors (Lipinski definition) is 4. The Morgan fingerprint density at radius 3 is 2.59 bits per heavy atom. The average molecular weight is 305 g/mol. The molecule has 0 saturated heterocycles. The number of carbonyl (C=O) groups is 1. The highest BCUT2D eigenvalue weighted by Crippen LogP contribution is 2.27. The van der Waals surface area contributed by atoms with Crippen LogP contribution < -0.4 is 4.74 Å². The van der Waals surface area contributed by atoms with Crippen LogP contribution in [-0.2, 0) is 11.2 Å². The molecule has 22 heavy (non-hydrogen) atoms. The number of carbonyl (C=O) groups excluding carboxylic acids is 1. The minimum absolute atomic E-state index is 0.442. The Morgan fingerprint density at radius 1 is 1.36 bits per heavy atom. The van der Waals surface area contributed by atoms with Crippen LogP contribution in [0, 0.1) is 0 Å². The molecule has 1 aromatic carbocycles. The first-order valence-electron chi connectivity index (χ1n) is 7.30. The Kier molecular flexibility index (Phi) is 4.47. The van der Waals surface area contributed by atoms with Crippen LogP contribution in [0.4, 0.5) is 4.79 Å². The summed E-state index contributed by atoms with van der Waals surface area (Å²) in [5.74, 6) is 0.666. The topological polar surface area (TPSA) is 60.7 Å². The Labute approximate surface area is 130 Å². The van der Waals surface area contributed by atoms with Crippen LogP contribution in [-0.4, -0.2) is 34.6 Å². The van der Waals surface area contributed by atoms with E-state index in [0.717, 1.165) is 10.9 Å². The summed E-state index contributed by atoms with van der Waals surface area (Å²) in [7, 11) is 1.58. The van der Waals surface area contributed by atoms with E-state index in [9.17, 15) is 9.90 Å². The zero-order valence-electron chi connectivity index (χ0n) is 13.7. The number of aliphatic hydroxyl groups excluding tert-OH is 1. The molecule has 1 heterocycles. The SMILES string of the molecule is COc1ccc2c(C[C@H](C)O)cn(C(=O)OC(C)(C)C)c2c1. The highest BCUT2D eigenvalue weighted by Gasteiger charge is 2.21. The molecule has 0 aliphatic carbocycles. The summed E-state index contributed by atoms with van der Waals surface area (Å²) in [5, 5.41) is 10.6. The van der Waals surface area contributed by atoms with E-state index in [1.807, 2.05) is 32.9 Å². The van der Waals surface area contributed by atoms with E-state index in [1.165, 1.54) is 4.57 Å². The van der Waals surface area contributed by atoms with E-state index in [-0.39, 0.29) is 0 Å². The number of nitrogens with zero attached hydrogens (tertiary/aromatic N) is 1. The molecule has 0 aliphatic rings. The van der Waals surface area contributed by atoms with Crippen molar-refractivity contribution in [2.75, 3.05) is 7.11 Å². The van der Waals surface area contributed by atoms with Crippen molar-refractivity contribution in [2.45, 2.75) is 45.8 Å². The van der Waals surface area contributed by atoms with Gasteiger partial charge in [-0.05, 0) is 45.4 Å². The van der Waals surface area contributed by atoms with E-state index in [1.54, 1.807) is 26.3 Å². The van der Waals surface area contributed by atoms with Gasteiger partial charge >= 0.3 is 6.09 Å². The van der Waals surface area contributed by atoms with Crippen LogP contribution in [0.1, 0.15) is 33.3 Å². The normalized spacial score (nSPS) is 13.2. The van der Waals surface area contributed by atoms with Crippen molar-refractivity contribution in [1.82, 2.24) is 4.57 Å². The summed E-state index contributed by atoms with van der Waals surface area (Å²) in [5.41, 5.74) is 1.04. The highest BCUT2D eigenvalue weighted by atomic mass is 16.6. The predicted octanol–water partition coefficient (Wildman–Crippen LogP) is 3.36. The number of fused-ring (bicyclic) bond motifs is 1. The third-order valence-corrected chi connectivity index (χ3v) is 3.20. The van der Waals surface area contributed by atoms with Gasteiger partial charge in [-0.1, -0.05) is 0 Å². The number of benzene rings is 1. The number of ether oxygens (including phenoxy) is 2. The maximum atomic E-state index is 12.4. The van der Waals surface area contributed by atoms with Gasteiger partial charge in [0, 0.05) is 24.1 Å². The average Bonchev–Trinajstić information content (AvgIpc) is 2.74. The monoisotopic (exact) mass is 305 g/mol. The summed E-state index contributed by atoms with van der Waals surface area (Å²) in [6.45, 7) is 7.20. The molecule has 0 radical (unpaired) electrons. The minimum Gasteiger partial charge on any atom is -0.497 e. The molecule has 0 unspecified atom stereocenters. The second kappa shape index (κ2) is 6.01. The lowest BCUT2D eigenvalue weighted by Gasteiger charge is -2.19. The van der Waals surface area contributed by atoms with Gasteiger partial charge in [-0.25, -0.2) is 4.79 Å². The van der Waals surface area contributed by atoms with Crippen LogP contribution in [0.3, 0.4) is 0 Å². The van der Waals surface area contributed by atoms with Gasteiger partial charge in [-0.15, -0.1) is 0 Å². The molecule has 0 aliphatic heterocycles. The fourth-order valence-corrected chi connectivity index (χ4v) is 2.35. The molecule has 0 amide bonds. The molecule has 1 atom stereocenters. The number of hydrogen-bond donors (Lipinski definition) is 1. The van der Waals surface area contributed by atoms with Crippen LogP contribution in [0.5, 0.6) is 5.75 Å². The molecule has 0 fully saturated rings. The van der Waals surface area contributed by atoms with Gasteiger partial charge < -0.3 is 14.6 Å². The largest absolute Gasteiger partial charge is 0.497 e. The Hall–Kier alpha value is -2.01. The highest BCUT2D eigenvalue weighted by molar-refractivity contribution is 5.93. The fourth-order valence-electron chi connectivity index (χ4n) is 2.35. The second-order valence-corrected chi connectivity index (χ2v) is 6.44. The Bertz CT molecular complexity index is 680. The zero-order chi connectivity index (χ0) is 16.5. The van der Waals surface area contributed by atoms with Crippen molar-refractivity contribution in [3.05, 3.63) is 30.0 Å². The quantitative estimate of drug-likeness (QED) is 0.944. The number of aromatic nitrogens is 1. The molecule has 0 spiro atoms. The minimum atomic E-state index is -0.572. The molecular weight excluding hydrogens is 282 g/mol. The molecule has 5 heteroatoms. The van der Waals surface area contributed by atoms with Gasteiger partial charge in [0.25, 0.3) is 0 Å². The van der Waals surface area contributed by atoms with Crippen molar-refractivity contribution in [3.63, 3.8) is 0 Å². The lowest BCUT2D eigenvalue weighted by Crippen LogP contribution is -2.26. The summed E-state index contributed by atoms with van der Waals surface area (Å²) in [4.78, 5) is 12.4. The summed E-state index contributed by atoms with van der Waals surface area (Å²) in [6.07, 6.45) is 1.27. The van der Waals surface area contributed by atoms with Gasteiger partial charge in [0.2, 0.25) is 0 Å². The Balaban J connectivity index is 2.54. The molecule has 5 nitrogen and oxygen atoms in total. The van der Waals surface area contributed by atoms with Gasteiger partial charge in [0.15, 0.2) is 0 Å². The number of aliphatic hydroxyl groups is 1. The van der Waals surface area contributed by atoms with Crippen LogP contribution in [0.2, 0.25) is 0 Å². The van der Waals surface area contributed by atoms with E-state index < -0.39 is 17.8 Å². The van der Waals surface area contributed by atoms with Crippen molar-refractivity contribution in [2.24, 2.45) is 0 Å². The Morgan fingerprint density at radius 2 is 2.05 bits per heavy atom. The van der Waals surface area contributed by atoms with Crippen molar-refractivity contribution in [1.29, 1.82) is 0 Å². The summed E-state index contributed by atoms with van der Waals surface area (Å²) < 4.78 is 12.2. The first-order chi connectivity index (χ1) is 10.2. The zero-order valence-corrected chi connectivity index (χ0v) is 13.7. The lowest BCUT2D eigenvalue weighted by molar-refractivity contribution is 0.0544. The number of methoxy groups -OCH3 is 1. The third kappa shape index (κ3) is 3.60. The molecule has 0 bridgehead atoms. The molecule has 2 aromatic rings. The van der Waals surface area contributed by atoms with Crippen molar-refractivity contribution < 1.29 is 19.4 Å². The fraction of sp³-hybridized carbons (Fsp3) is 0.471. The van der Waals surface area contributed by atoms with Crippen LogP contribution >= 0.6 is 0 Å². The first-order valence-corrected chi connectivity index (χ1v) is 7.30. The van der Waals surface area contributed by atoms with Crippen LogP contribution in [0.25, 0.3) is 10.9 Å². The molecule has 1 aromatic heterocycles. The van der Waals surface area contributed by atoms with Gasteiger partial charge in [0.1, 0.15) is 11.4 Å². The molecule has 2 rings (SSSR count). The van der Waals surface area contributed by atoms with Gasteiger partial charge in [-0.3, -0.25) is 4.57 Å². The van der Waals surface area contributed by atoms with E-state index in [2.05, 4.69) is 0 Å². The maximum Gasteiger partial charge on any atom is 0.419 e. The molecule has 0 saturated carbocycles. The number of rotatable bonds is 3. The maximum absolute atomic E-state index is 12.4. The first kappa shape index (κ1) is 16.4. The predicted molar refractivity (Wildman–Crippen MR) is 85.5 cm³/mol. The van der Waals surface area contributed by atoms with Crippen LogP contribution in [0.15, 0.2) is 24.4 Å². The summed E-state index contributed by atoms with van der Waals surface area (Å²) >= 11 is 0. The van der Waals surface area contributed by atoms with E-state index in [0.29, 0.717) is 17.7 Å². The molecular formula is C17H23NO4. The lowest BCUT2D eigenvalue weighted by atomic mass is 10.1. The van der Waals surface area contributed by atoms with Crippen molar-refractivity contribution >= 4 is 17.0 Å². The smallest absolute Gasteiger partial charge is 0.419 e. The van der Waals surface area contributed by atoms with E-state index in [4.69, 9.17) is 9.47 Å². The summed E-state index contributed by atoms with van der Waals surface area (Å²) in [6, 6.07) is 5.53. The van der Waals surface area contributed by atoms with Gasteiger partial charge in [-0.2, -0.15) is 0 Å². The van der Waals surface area contributed by atoms with Gasteiger partial charge in [0.05, 0.1) is 18.7 Å². The third-order valence-electron chi connectivity index (χ3n) is 3.20. The van der Waals surface area contributed by atoms with Crippen molar-refractivity contribution in [3.8, 4) is 5.75 Å². The van der Waals surface area contributed by atoms with E-state index >= 15 is 0 Å². The molecule has 1 N–H and O–H groups in total.